The molecular formula is C11H20FN3S. The van der Waals surface area contributed by atoms with Gasteiger partial charge in [-0.1, -0.05) is 0 Å². The van der Waals surface area contributed by atoms with Crippen LogP contribution in [0.3, 0.4) is 0 Å². The summed E-state index contributed by atoms with van der Waals surface area (Å²) in [6.07, 6.45) is 2.99. The number of alkyl halides is 1. The SMILES string of the molecule is NC(=NCCC1(F)CCC1)N1CCSCC1. The van der Waals surface area contributed by atoms with E-state index >= 15 is 0 Å². The van der Waals surface area contributed by atoms with Crippen LogP contribution in [-0.2, 0) is 0 Å². The van der Waals surface area contributed by atoms with Crippen molar-refractivity contribution in [3.05, 3.63) is 0 Å². The third kappa shape index (κ3) is 3.03. The van der Waals surface area contributed by atoms with Gasteiger partial charge in [0.05, 0.1) is 0 Å². The number of aliphatic imine (C=N–C) groups is 1. The van der Waals surface area contributed by atoms with E-state index in [1.54, 1.807) is 0 Å². The predicted molar refractivity (Wildman–Crippen MR) is 67.7 cm³/mol. The molecule has 1 saturated carbocycles. The fourth-order valence-corrected chi connectivity index (χ4v) is 2.98. The van der Waals surface area contributed by atoms with Crippen molar-refractivity contribution >= 4 is 17.7 Å². The van der Waals surface area contributed by atoms with Crippen LogP contribution < -0.4 is 5.73 Å². The lowest BCUT2D eigenvalue weighted by Crippen LogP contribution is -2.43. The van der Waals surface area contributed by atoms with Gasteiger partial charge in [0.1, 0.15) is 5.67 Å². The number of rotatable bonds is 3. The summed E-state index contributed by atoms with van der Waals surface area (Å²) in [5.41, 5.74) is 4.95. The van der Waals surface area contributed by atoms with E-state index in [2.05, 4.69) is 9.89 Å². The lowest BCUT2D eigenvalue weighted by Gasteiger charge is -2.33. The van der Waals surface area contributed by atoms with Gasteiger partial charge in [-0.15, -0.1) is 0 Å². The van der Waals surface area contributed by atoms with Crippen LogP contribution in [-0.4, -0.2) is 47.7 Å². The zero-order chi connectivity index (χ0) is 11.4. The van der Waals surface area contributed by atoms with Gasteiger partial charge in [-0.2, -0.15) is 11.8 Å². The molecule has 2 N–H and O–H groups in total. The first-order valence-corrected chi connectivity index (χ1v) is 7.17. The van der Waals surface area contributed by atoms with Crippen LogP contribution in [0.15, 0.2) is 4.99 Å². The van der Waals surface area contributed by atoms with Crippen molar-refractivity contribution in [3.8, 4) is 0 Å². The molecule has 2 rings (SSSR count). The van der Waals surface area contributed by atoms with Crippen molar-refractivity contribution in [2.45, 2.75) is 31.4 Å². The molecule has 0 radical (unpaired) electrons. The number of halogens is 1. The fourth-order valence-electron chi connectivity index (χ4n) is 2.07. The van der Waals surface area contributed by atoms with Crippen LogP contribution in [0, 0.1) is 0 Å². The summed E-state index contributed by atoms with van der Waals surface area (Å²) < 4.78 is 13.7. The molecular weight excluding hydrogens is 225 g/mol. The molecule has 1 heterocycles. The number of guanidine groups is 1. The van der Waals surface area contributed by atoms with Crippen molar-refractivity contribution in [1.82, 2.24) is 4.90 Å². The van der Waals surface area contributed by atoms with Gasteiger partial charge in [0.15, 0.2) is 5.96 Å². The number of thioether (sulfide) groups is 1. The highest BCUT2D eigenvalue weighted by Crippen LogP contribution is 2.38. The Labute approximate surface area is 101 Å². The van der Waals surface area contributed by atoms with E-state index in [0.29, 0.717) is 31.8 Å². The third-order valence-corrected chi connectivity index (χ3v) is 4.36. The molecule has 1 aliphatic carbocycles. The van der Waals surface area contributed by atoms with Crippen molar-refractivity contribution in [3.63, 3.8) is 0 Å². The molecule has 5 heteroatoms. The summed E-state index contributed by atoms with van der Waals surface area (Å²) in [6.45, 7) is 2.48. The molecule has 0 spiro atoms. The van der Waals surface area contributed by atoms with E-state index in [4.69, 9.17) is 5.73 Å². The molecule has 0 bridgehead atoms. The highest BCUT2D eigenvalue weighted by atomic mass is 32.2. The first-order valence-electron chi connectivity index (χ1n) is 6.01. The van der Waals surface area contributed by atoms with Gasteiger partial charge in [0.2, 0.25) is 0 Å². The van der Waals surface area contributed by atoms with Gasteiger partial charge in [-0.3, -0.25) is 4.99 Å². The molecule has 0 amide bonds. The lowest BCUT2D eigenvalue weighted by atomic mass is 9.80. The Kier molecular flexibility index (Phi) is 3.95. The molecule has 1 saturated heterocycles. The average molecular weight is 245 g/mol. The Morgan fingerprint density at radius 2 is 2.06 bits per heavy atom. The van der Waals surface area contributed by atoms with E-state index in [1.165, 1.54) is 0 Å². The molecule has 1 aliphatic heterocycles. The van der Waals surface area contributed by atoms with Gasteiger partial charge in [0, 0.05) is 37.6 Å². The second kappa shape index (κ2) is 5.25. The summed E-state index contributed by atoms with van der Waals surface area (Å²) in [5, 5.41) is 0. The topological polar surface area (TPSA) is 41.6 Å². The van der Waals surface area contributed by atoms with E-state index < -0.39 is 5.67 Å². The number of hydrogen-bond donors (Lipinski definition) is 1. The summed E-state index contributed by atoms with van der Waals surface area (Å²) >= 11 is 1.94. The quantitative estimate of drug-likeness (QED) is 0.607. The molecule has 2 fully saturated rings. The van der Waals surface area contributed by atoms with Gasteiger partial charge in [0.25, 0.3) is 0 Å². The summed E-state index contributed by atoms with van der Waals surface area (Å²) in [4.78, 5) is 6.39. The van der Waals surface area contributed by atoms with Crippen molar-refractivity contribution in [2.75, 3.05) is 31.1 Å². The first kappa shape index (κ1) is 12.0. The lowest BCUT2D eigenvalue weighted by molar-refractivity contribution is 0.0568. The minimum absolute atomic E-state index is 0.534. The maximum absolute atomic E-state index is 13.7. The molecule has 0 atom stereocenters. The summed E-state index contributed by atoms with van der Waals surface area (Å²) in [7, 11) is 0. The van der Waals surface area contributed by atoms with Crippen LogP contribution in [0.2, 0.25) is 0 Å². The minimum atomic E-state index is -0.929. The minimum Gasteiger partial charge on any atom is -0.370 e. The maximum atomic E-state index is 13.7. The van der Waals surface area contributed by atoms with Crippen molar-refractivity contribution < 1.29 is 4.39 Å². The average Bonchev–Trinajstić information content (AvgIpc) is 2.28. The second-order valence-electron chi connectivity index (χ2n) is 4.59. The number of nitrogens with zero attached hydrogens (tertiary/aromatic N) is 2. The molecule has 0 unspecified atom stereocenters. The zero-order valence-corrected chi connectivity index (χ0v) is 10.4. The number of nitrogens with two attached hydrogens (primary N) is 1. The Morgan fingerprint density at radius 3 is 2.62 bits per heavy atom. The smallest absolute Gasteiger partial charge is 0.191 e. The fraction of sp³-hybridized carbons (Fsp3) is 0.909. The van der Waals surface area contributed by atoms with E-state index in [0.717, 1.165) is 31.0 Å². The molecule has 0 aromatic carbocycles. The molecule has 92 valence electrons. The Balaban J connectivity index is 1.73. The third-order valence-electron chi connectivity index (χ3n) is 3.42. The first-order chi connectivity index (χ1) is 7.70. The van der Waals surface area contributed by atoms with Crippen molar-refractivity contribution in [1.29, 1.82) is 0 Å². The Morgan fingerprint density at radius 1 is 1.38 bits per heavy atom. The maximum Gasteiger partial charge on any atom is 0.191 e. The monoisotopic (exact) mass is 245 g/mol. The summed E-state index contributed by atoms with van der Waals surface area (Å²) in [5.74, 6) is 2.83. The highest BCUT2D eigenvalue weighted by molar-refractivity contribution is 7.99. The van der Waals surface area contributed by atoms with Crippen LogP contribution in [0.5, 0.6) is 0 Å². The van der Waals surface area contributed by atoms with E-state index in [9.17, 15) is 4.39 Å². The standard InChI is InChI=1S/C11H20FN3S/c12-11(2-1-3-11)4-5-14-10(13)15-6-8-16-9-7-15/h1-9H2,(H2,13,14). The summed E-state index contributed by atoms with van der Waals surface area (Å²) in [6, 6.07) is 0. The molecule has 2 aliphatic rings. The van der Waals surface area contributed by atoms with E-state index in [1.807, 2.05) is 11.8 Å². The molecule has 0 aromatic heterocycles. The molecule has 16 heavy (non-hydrogen) atoms. The Hall–Kier alpha value is -0.450. The second-order valence-corrected chi connectivity index (χ2v) is 5.82. The largest absolute Gasteiger partial charge is 0.370 e. The predicted octanol–water partition coefficient (Wildman–Crippen LogP) is 1.63. The number of hydrogen-bond acceptors (Lipinski definition) is 2. The molecule has 0 aromatic rings. The van der Waals surface area contributed by atoms with Gasteiger partial charge in [-0.25, -0.2) is 4.39 Å². The van der Waals surface area contributed by atoms with Crippen LogP contribution in [0.25, 0.3) is 0 Å². The molecule has 3 nitrogen and oxygen atoms in total. The Bertz CT molecular complexity index is 260. The highest BCUT2D eigenvalue weighted by Gasteiger charge is 2.36. The van der Waals surface area contributed by atoms with Gasteiger partial charge < -0.3 is 10.6 Å². The van der Waals surface area contributed by atoms with Gasteiger partial charge in [-0.05, 0) is 19.3 Å². The van der Waals surface area contributed by atoms with Crippen LogP contribution in [0.1, 0.15) is 25.7 Å². The normalized spacial score (nSPS) is 25.3. The van der Waals surface area contributed by atoms with Gasteiger partial charge >= 0.3 is 0 Å². The zero-order valence-electron chi connectivity index (χ0n) is 9.62. The van der Waals surface area contributed by atoms with Crippen LogP contribution in [0.4, 0.5) is 4.39 Å². The van der Waals surface area contributed by atoms with Crippen LogP contribution >= 0.6 is 11.8 Å². The van der Waals surface area contributed by atoms with Crippen molar-refractivity contribution in [2.24, 2.45) is 10.7 Å². The van der Waals surface area contributed by atoms with E-state index in [-0.39, 0.29) is 0 Å².